The van der Waals surface area contributed by atoms with E-state index in [9.17, 15) is 9.18 Å². The summed E-state index contributed by atoms with van der Waals surface area (Å²) in [6, 6.07) is 12.5. The van der Waals surface area contributed by atoms with Crippen molar-refractivity contribution < 1.29 is 14.3 Å². The lowest BCUT2D eigenvalue weighted by atomic mass is 10.1. The predicted molar refractivity (Wildman–Crippen MR) is 85.6 cm³/mol. The average Bonchev–Trinajstić information content (AvgIpc) is 2.48. The van der Waals surface area contributed by atoms with Crippen LogP contribution < -0.4 is 4.90 Å². The molecule has 0 atom stereocenters. The normalized spacial score (nSPS) is 10.5. The second kappa shape index (κ2) is 7.07. The van der Waals surface area contributed by atoms with E-state index in [2.05, 4.69) is 0 Å². The summed E-state index contributed by atoms with van der Waals surface area (Å²) < 4.78 is 13.9. The van der Waals surface area contributed by atoms with Crippen molar-refractivity contribution in [2.45, 2.75) is 26.8 Å². The summed E-state index contributed by atoms with van der Waals surface area (Å²) in [6.45, 7) is 4.70. The molecule has 116 valence electrons. The first-order valence-electron chi connectivity index (χ1n) is 7.25. The van der Waals surface area contributed by atoms with E-state index in [1.807, 2.05) is 36.9 Å². The Morgan fingerprint density at radius 1 is 1.14 bits per heavy atom. The molecule has 3 nitrogen and oxygen atoms in total. The third-order valence-corrected chi connectivity index (χ3v) is 3.83. The van der Waals surface area contributed by atoms with Gasteiger partial charge in [0.25, 0.3) is 0 Å². The van der Waals surface area contributed by atoms with Crippen LogP contribution in [0.15, 0.2) is 42.5 Å². The molecule has 0 saturated heterocycles. The van der Waals surface area contributed by atoms with Crippen molar-refractivity contribution in [3.63, 3.8) is 0 Å². The van der Waals surface area contributed by atoms with E-state index in [1.165, 1.54) is 6.07 Å². The first-order valence-corrected chi connectivity index (χ1v) is 7.25. The number of rotatable bonds is 6. The van der Waals surface area contributed by atoms with Gasteiger partial charge in [-0.15, -0.1) is 0 Å². The Kier molecular flexibility index (Phi) is 5.15. The van der Waals surface area contributed by atoms with Crippen LogP contribution in [0.2, 0.25) is 0 Å². The van der Waals surface area contributed by atoms with E-state index < -0.39 is 5.97 Å². The summed E-state index contributed by atoms with van der Waals surface area (Å²) in [5, 5.41) is 8.95. The Bertz CT molecular complexity index is 670. The standard InChI is InChI=1S/C18H20FNO2/c1-13-6-5-9-17(14(13)2)20(11-10-18(21)22)12-15-7-3-4-8-16(15)19/h3-9H,10-12H2,1-2H3,(H,21,22). The van der Waals surface area contributed by atoms with Crippen molar-refractivity contribution in [3.05, 3.63) is 65.0 Å². The van der Waals surface area contributed by atoms with E-state index in [1.54, 1.807) is 18.2 Å². The minimum absolute atomic E-state index is 0.0157. The molecule has 0 amide bonds. The zero-order chi connectivity index (χ0) is 16.1. The molecule has 2 aromatic carbocycles. The number of carboxylic acids is 1. The first-order chi connectivity index (χ1) is 10.5. The fourth-order valence-corrected chi connectivity index (χ4v) is 2.43. The fraction of sp³-hybridized carbons (Fsp3) is 0.278. The van der Waals surface area contributed by atoms with Crippen molar-refractivity contribution in [1.29, 1.82) is 0 Å². The van der Waals surface area contributed by atoms with Gasteiger partial charge in [0.15, 0.2) is 0 Å². The fourth-order valence-electron chi connectivity index (χ4n) is 2.43. The molecule has 0 radical (unpaired) electrons. The monoisotopic (exact) mass is 301 g/mol. The zero-order valence-electron chi connectivity index (χ0n) is 12.8. The van der Waals surface area contributed by atoms with Crippen molar-refractivity contribution in [2.24, 2.45) is 0 Å². The third kappa shape index (κ3) is 3.85. The smallest absolute Gasteiger partial charge is 0.305 e. The highest BCUT2D eigenvalue weighted by atomic mass is 19.1. The van der Waals surface area contributed by atoms with E-state index in [4.69, 9.17) is 5.11 Å². The first kappa shape index (κ1) is 16.0. The second-order valence-corrected chi connectivity index (χ2v) is 5.38. The molecule has 0 saturated carbocycles. The lowest BCUT2D eigenvalue weighted by Crippen LogP contribution is -2.27. The van der Waals surface area contributed by atoms with Crippen LogP contribution in [0.3, 0.4) is 0 Å². The summed E-state index contributed by atoms with van der Waals surface area (Å²) in [6.07, 6.45) is 0.0157. The summed E-state index contributed by atoms with van der Waals surface area (Å²) in [4.78, 5) is 12.8. The quantitative estimate of drug-likeness (QED) is 0.879. The van der Waals surface area contributed by atoms with Gasteiger partial charge in [-0.25, -0.2) is 4.39 Å². The highest BCUT2D eigenvalue weighted by molar-refractivity contribution is 5.68. The molecule has 2 aromatic rings. The number of nitrogens with zero attached hydrogens (tertiary/aromatic N) is 1. The van der Waals surface area contributed by atoms with E-state index >= 15 is 0 Å². The largest absolute Gasteiger partial charge is 0.481 e. The lowest BCUT2D eigenvalue weighted by Gasteiger charge is -2.27. The number of hydrogen-bond donors (Lipinski definition) is 1. The van der Waals surface area contributed by atoms with Gasteiger partial charge in [-0.2, -0.15) is 0 Å². The van der Waals surface area contributed by atoms with Crippen LogP contribution in [0.5, 0.6) is 0 Å². The van der Waals surface area contributed by atoms with Crippen LogP contribution in [-0.4, -0.2) is 17.6 Å². The maximum atomic E-state index is 13.9. The molecule has 0 bridgehead atoms. The highest BCUT2D eigenvalue weighted by Crippen LogP contribution is 2.25. The summed E-state index contributed by atoms with van der Waals surface area (Å²) in [5.74, 6) is -1.13. The number of aliphatic carboxylic acids is 1. The molecular weight excluding hydrogens is 281 g/mol. The number of hydrogen-bond acceptors (Lipinski definition) is 2. The molecular formula is C18H20FNO2. The van der Waals surface area contributed by atoms with Crippen LogP contribution >= 0.6 is 0 Å². The van der Waals surface area contributed by atoms with Gasteiger partial charge in [0.2, 0.25) is 0 Å². The summed E-state index contributed by atoms with van der Waals surface area (Å²) in [7, 11) is 0. The molecule has 2 rings (SSSR count). The number of carbonyl (C=O) groups is 1. The zero-order valence-corrected chi connectivity index (χ0v) is 12.8. The van der Waals surface area contributed by atoms with Gasteiger partial charge in [-0.1, -0.05) is 30.3 Å². The van der Waals surface area contributed by atoms with E-state index in [-0.39, 0.29) is 12.2 Å². The topological polar surface area (TPSA) is 40.5 Å². The second-order valence-electron chi connectivity index (χ2n) is 5.38. The van der Waals surface area contributed by atoms with Crippen LogP contribution in [0.4, 0.5) is 10.1 Å². The average molecular weight is 301 g/mol. The van der Waals surface area contributed by atoms with Gasteiger partial charge in [0.1, 0.15) is 5.82 Å². The van der Waals surface area contributed by atoms with Crippen LogP contribution in [0.25, 0.3) is 0 Å². The Morgan fingerprint density at radius 3 is 2.55 bits per heavy atom. The summed E-state index contributed by atoms with van der Waals surface area (Å²) in [5.41, 5.74) is 3.73. The minimum atomic E-state index is -0.858. The van der Waals surface area contributed by atoms with Gasteiger partial charge >= 0.3 is 5.97 Å². The van der Waals surface area contributed by atoms with Gasteiger partial charge in [-0.3, -0.25) is 4.79 Å². The van der Waals surface area contributed by atoms with Gasteiger partial charge in [-0.05, 0) is 37.1 Å². The van der Waals surface area contributed by atoms with Crippen LogP contribution in [0.1, 0.15) is 23.1 Å². The molecule has 0 aliphatic heterocycles. The number of anilines is 1. The molecule has 22 heavy (non-hydrogen) atoms. The molecule has 0 spiro atoms. The molecule has 0 unspecified atom stereocenters. The maximum Gasteiger partial charge on any atom is 0.305 e. The Balaban J connectivity index is 2.32. The van der Waals surface area contributed by atoms with Gasteiger partial charge < -0.3 is 10.0 Å². The predicted octanol–water partition coefficient (Wildman–Crippen LogP) is 3.92. The van der Waals surface area contributed by atoms with Gasteiger partial charge in [0, 0.05) is 24.3 Å². The highest BCUT2D eigenvalue weighted by Gasteiger charge is 2.14. The molecule has 4 heteroatoms. The summed E-state index contributed by atoms with van der Waals surface area (Å²) >= 11 is 0. The van der Waals surface area contributed by atoms with Crippen molar-refractivity contribution in [2.75, 3.05) is 11.4 Å². The maximum absolute atomic E-state index is 13.9. The molecule has 0 heterocycles. The Morgan fingerprint density at radius 2 is 1.86 bits per heavy atom. The number of aryl methyl sites for hydroxylation is 1. The molecule has 0 aliphatic rings. The van der Waals surface area contributed by atoms with Crippen LogP contribution in [0, 0.1) is 19.7 Å². The van der Waals surface area contributed by atoms with Crippen molar-refractivity contribution in [3.8, 4) is 0 Å². The van der Waals surface area contributed by atoms with Crippen molar-refractivity contribution in [1.82, 2.24) is 0 Å². The number of halogens is 1. The number of carboxylic acid groups (broad SMARTS) is 1. The van der Waals surface area contributed by atoms with Gasteiger partial charge in [0.05, 0.1) is 6.42 Å². The van der Waals surface area contributed by atoms with Crippen LogP contribution in [-0.2, 0) is 11.3 Å². The Hall–Kier alpha value is -2.36. The van der Waals surface area contributed by atoms with E-state index in [0.717, 1.165) is 16.8 Å². The Labute approximate surface area is 130 Å². The molecule has 0 aliphatic carbocycles. The molecule has 0 aromatic heterocycles. The number of benzene rings is 2. The van der Waals surface area contributed by atoms with E-state index in [0.29, 0.717) is 18.7 Å². The SMILES string of the molecule is Cc1cccc(N(CCC(=O)O)Cc2ccccc2F)c1C. The molecule has 1 N–H and O–H groups in total. The molecule has 0 fully saturated rings. The van der Waals surface area contributed by atoms with Crippen molar-refractivity contribution >= 4 is 11.7 Å². The third-order valence-electron chi connectivity index (χ3n) is 3.83. The lowest BCUT2D eigenvalue weighted by molar-refractivity contribution is -0.136. The minimum Gasteiger partial charge on any atom is -0.481 e.